The Balaban J connectivity index is 2.01. The summed E-state index contributed by atoms with van der Waals surface area (Å²) in [5, 5.41) is 71.7. The van der Waals surface area contributed by atoms with E-state index in [1.807, 2.05) is 0 Å². The first-order valence-corrected chi connectivity index (χ1v) is 34.5. The second-order valence-corrected chi connectivity index (χ2v) is 25.5. The predicted molar refractivity (Wildman–Crippen MR) is 379 cm³/mol. The number of aliphatic imine (C=N–C) groups is 2. The van der Waals surface area contributed by atoms with Crippen molar-refractivity contribution in [2.24, 2.45) is 61.8 Å². The number of rotatable bonds is 49. The van der Waals surface area contributed by atoms with Gasteiger partial charge in [-0.1, -0.05) is 50.2 Å². The van der Waals surface area contributed by atoms with Gasteiger partial charge >= 0.3 is 17.9 Å². The van der Waals surface area contributed by atoms with E-state index in [2.05, 4.69) is 57.8 Å². The summed E-state index contributed by atoms with van der Waals surface area (Å²) < 4.78 is 0. The topological polar surface area (TPSA) is 667 Å². The minimum atomic E-state index is -1.88. The number of nitrogens with one attached hydrogen (secondary N) is 9. The average Bonchev–Trinajstić information content (AvgIpc) is 0.784. The van der Waals surface area contributed by atoms with Gasteiger partial charge in [0.2, 0.25) is 59.1 Å². The highest BCUT2D eigenvalue weighted by molar-refractivity contribution is 5.99. The van der Waals surface area contributed by atoms with Crippen molar-refractivity contribution in [2.75, 3.05) is 39.3 Å². The van der Waals surface area contributed by atoms with Crippen LogP contribution in [-0.2, 0) is 81.7 Å². The molecule has 0 fully saturated rings. The lowest BCUT2D eigenvalue weighted by Crippen LogP contribution is -2.62. The van der Waals surface area contributed by atoms with Gasteiger partial charge in [-0.15, -0.1) is 0 Å². The van der Waals surface area contributed by atoms with Crippen LogP contribution in [0.5, 0.6) is 5.75 Å². The Bertz CT molecular complexity index is 3260. The van der Waals surface area contributed by atoms with Gasteiger partial charge in [0.25, 0.3) is 0 Å². The Morgan fingerprint density at radius 3 is 1.33 bits per heavy atom. The molecule has 0 saturated carbocycles. The number of carboxylic acid groups (broad SMARTS) is 3. The summed E-state index contributed by atoms with van der Waals surface area (Å²) in [6, 6.07) is -4.07. The molecule has 1 aliphatic rings. The molecular weight excluding hydrogens is 1360 g/mol. The Morgan fingerprint density at radius 2 is 0.894 bits per heavy atom. The third-order valence-electron chi connectivity index (χ3n) is 16.8. The molecule has 0 bridgehead atoms. The van der Waals surface area contributed by atoms with Crippen molar-refractivity contribution in [1.82, 2.24) is 52.8 Å². The molecule has 1 heterocycles. The normalized spacial score (nSPS) is 15.3. The van der Waals surface area contributed by atoms with E-state index in [9.17, 15) is 83.1 Å². The molecule has 578 valence electrons. The van der Waals surface area contributed by atoms with Crippen molar-refractivity contribution >= 4 is 88.9 Å². The van der Waals surface area contributed by atoms with Gasteiger partial charge in [-0.3, -0.25) is 67.5 Å². The minimum absolute atomic E-state index is 0.000754. The number of hydrogen-bond donors (Lipinski definition) is 22. The highest BCUT2D eigenvalue weighted by Gasteiger charge is 2.42. The smallest absolute Gasteiger partial charge is 0.326 e. The molecule has 0 spiro atoms. The summed E-state index contributed by atoms with van der Waals surface area (Å²) in [7, 11) is 0. The zero-order valence-corrected chi connectivity index (χ0v) is 58.7. The Hall–Kier alpha value is -10.3. The molecule has 0 aromatic heterocycles. The number of aliphatic carboxylic acids is 3. The van der Waals surface area contributed by atoms with Crippen LogP contribution in [0, 0.1) is 5.92 Å². The van der Waals surface area contributed by atoms with Gasteiger partial charge in [-0.2, -0.15) is 0 Å². The van der Waals surface area contributed by atoms with Gasteiger partial charge in [0.15, 0.2) is 11.9 Å². The average molecular weight is 1470 g/mol. The fourth-order valence-corrected chi connectivity index (χ4v) is 11.0. The van der Waals surface area contributed by atoms with E-state index < -0.39 is 175 Å². The summed E-state index contributed by atoms with van der Waals surface area (Å²) in [6.45, 7) is 2.24. The van der Waals surface area contributed by atoms with Crippen LogP contribution in [0.2, 0.25) is 0 Å². The number of guanidine groups is 2. The van der Waals surface area contributed by atoms with Crippen LogP contribution in [0.25, 0.3) is 0 Å². The number of benzene rings is 2. The lowest BCUT2D eigenvalue weighted by atomic mass is 9.91. The lowest BCUT2D eigenvalue weighted by Gasteiger charge is -2.39. The number of carboxylic acids is 3. The van der Waals surface area contributed by atoms with E-state index >= 15 is 4.79 Å². The summed E-state index contributed by atoms with van der Waals surface area (Å²) in [5.41, 5.74) is 47.6. The Labute approximate surface area is 601 Å². The number of aromatic hydroxyl groups is 1. The summed E-state index contributed by atoms with van der Waals surface area (Å²) in [5.74, 6) is -15.4. The monoisotopic (exact) mass is 1470 g/mol. The van der Waals surface area contributed by atoms with Crippen molar-refractivity contribution in [3.05, 3.63) is 65.2 Å². The molecule has 0 saturated heterocycles. The Kier molecular flexibility index (Phi) is 39.2. The molecule has 2 aromatic rings. The molecule has 3 rings (SSSR count). The molecule has 38 nitrogen and oxygen atoms in total. The minimum Gasteiger partial charge on any atom is -0.508 e. The maximum absolute atomic E-state index is 15.3. The molecule has 10 amide bonds. The highest BCUT2D eigenvalue weighted by atomic mass is 16.4. The van der Waals surface area contributed by atoms with Crippen molar-refractivity contribution in [2.45, 2.75) is 202 Å². The van der Waals surface area contributed by atoms with Gasteiger partial charge in [0.05, 0.1) is 19.1 Å². The number of carbonyl (C=O) groups excluding carboxylic acids is 10. The molecule has 0 aliphatic carbocycles. The summed E-state index contributed by atoms with van der Waals surface area (Å²) in [4.78, 5) is 188. The van der Waals surface area contributed by atoms with E-state index in [4.69, 9.17) is 45.9 Å². The van der Waals surface area contributed by atoms with E-state index in [-0.39, 0.29) is 128 Å². The molecular formula is C66H106N20O18. The van der Waals surface area contributed by atoms with Gasteiger partial charge in [0, 0.05) is 32.5 Å². The molecule has 0 radical (unpaired) electrons. The van der Waals surface area contributed by atoms with Crippen molar-refractivity contribution in [1.29, 1.82) is 0 Å². The SMILES string of the molecule is CC(C)[C@H](NC(=O)[C@@H]1Cc2ccccc2CN1C(=O)[C@H](CCCN=C(N)N)NC(=O)[C@H](CCCCN)NC(=O)[C@H](CO)NC(=O)[C@H](CCCN=C(N)N)NC(=O)[C@H](CCC(=O)O)NC(=O)[C@H](CCCCN)NC(=O)[C@H](N)Cc1ccc(O)cc1)C(=O)N[C@@H](CCCCN)C(=O)N[C@@H](CC(=O)O)C(=O)O. The van der Waals surface area contributed by atoms with E-state index in [1.54, 1.807) is 50.2 Å². The second kappa shape index (κ2) is 46.3. The zero-order chi connectivity index (χ0) is 77.6. The molecule has 38 heteroatoms. The van der Waals surface area contributed by atoms with Crippen molar-refractivity contribution in [3.8, 4) is 5.75 Å². The van der Waals surface area contributed by atoms with Gasteiger partial charge < -0.3 is 124 Å². The third kappa shape index (κ3) is 31.5. The number of nitrogens with two attached hydrogens (primary N) is 8. The maximum Gasteiger partial charge on any atom is 0.326 e. The first kappa shape index (κ1) is 87.9. The quantitative estimate of drug-likeness (QED) is 0.0167. The first-order chi connectivity index (χ1) is 49.3. The maximum atomic E-state index is 15.3. The number of aliphatic hydroxyl groups excluding tert-OH is 1. The van der Waals surface area contributed by atoms with Gasteiger partial charge in [0.1, 0.15) is 66.2 Å². The Morgan fingerprint density at radius 1 is 0.490 bits per heavy atom. The molecule has 1 aliphatic heterocycles. The largest absolute Gasteiger partial charge is 0.508 e. The first-order valence-electron chi connectivity index (χ1n) is 34.5. The number of carbonyl (C=O) groups is 13. The summed E-state index contributed by atoms with van der Waals surface area (Å²) >= 11 is 0. The number of fused-ring (bicyclic) bond motifs is 1. The number of phenols is 1. The van der Waals surface area contributed by atoms with E-state index in [0.29, 0.717) is 42.4 Å². The summed E-state index contributed by atoms with van der Waals surface area (Å²) in [6.07, 6.45) is -1.09. The third-order valence-corrected chi connectivity index (χ3v) is 16.8. The van der Waals surface area contributed by atoms with Crippen LogP contribution >= 0.6 is 0 Å². The second-order valence-electron chi connectivity index (χ2n) is 25.5. The number of aliphatic hydroxyl groups is 1. The number of phenolic OH excluding ortho intramolecular Hbond substituents is 1. The molecule has 104 heavy (non-hydrogen) atoms. The van der Waals surface area contributed by atoms with Crippen LogP contribution in [0.3, 0.4) is 0 Å². The fourth-order valence-electron chi connectivity index (χ4n) is 11.0. The van der Waals surface area contributed by atoms with Crippen LogP contribution in [-0.4, -0.2) is 225 Å². The highest BCUT2D eigenvalue weighted by Crippen LogP contribution is 2.26. The zero-order valence-electron chi connectivity index (χ0n) is 58.7. The van der Waals surface area contributed by atoms with E-state index in [0.717, 1.165) is 0 Å². The fraction of sp³-hybridized carbons (Fsp3) is 0.591. The van der Waals surface area contributed by atoms with Crippen LogP contribution < -0.4 is 93.7 Å². The van der Waals surface area contributed by atoms with E-state index in [1.165, 1.54) is 17.0 Å². The molecule has 30 N–H and O–H groups in total. The van der Waals surface area contributed by atoms with Gasteiger partial charge in [-0.05, 0) is 151 Å². The van der Waals surface area contributed by atoms with Crippen LogP contribution in [0.1, 0.15) is 133 Å². The molecule has 0 unspecified atom stereocenters. The number of unbranched alkanes of at least 4 members (excludes halogenated alkanes) is 3. The standard InChI is InChI=1S/C66H106N20O18/c1-36(2)53(62(101)81-44(17-7-10-28-69)57(96)83-48(64(103)104)33-52(91)92)85-61(100)50-32-38-13-3-4-14-39(38)34-86(50)63(102)47(19-12-30-76-66(73)74)82-56(95)43(16-6-9-27-68)79-60(99)49(35-87)84-58(97)45(18-11-29-75-65(71)72)78-59(98)46(24-25-51(89)90)80-55(94)42(15-5-8-26-67)77-54(93)41(70)31-37-20-22-40(88)23-21-37/h3-4,13-14,20-23,36,41-50,53,87-88H,5-12,15-19,24-35,67-70H2,1-2H3,(H,77,93)(H,78,98)(H,79,99)(H,80,94)(H,81,101)(H,82,95)(H,83,96)(H,84,97)(H,85,100)(H,89,90)(H,91,92)(H,103,104)(H4,71,72,75)(H4,73,74,76)/t41-,42+,43+,44+,45+,46+,47+,48+,49+,50+,53+/m1/s1. The number of amides is 10. The predicted octanol–water partition coefficient (Wildman–Crippen LogP) is -5.85. The van der Waals surface area contributed by atoms with Crippen molar-refractivity contribution in [3.63, 3.8) is 0 Å². The number of nitrogens with zero attached hydrogens (tertiary/aromatic N) is 3. The van der Waals surface area contributed by atoms with Gasteiger partial charge in [-0.25, -0.2) is 4.79 Å². The lowest BCUT2D eigenvalue weighted by molar-refractivity contribution is -0.147. The number of hydrogen-bond acceptors (Lipinski definition) is 21. The van der Waals surface area contributed by atoms with Crippen molar-refractivity contribution < 1.29 is 87.9 Å². The van der Waals surface area contributed by atoms with Crippen LogP contribution in [0.15, 0.2) is 58.5 Å². The molecule has 11 atom stereocenters. The van der Waals surface area contributed by atoms with Crippen LogP contribution in [0.4, 0.5) is 0 Å². The molecule has 2 aromatic carbocycles.